The van der Waals surface area contributed by atoms with Crippen LogP contribution in [-0.2, 0) is 19.1 Å². The Kier molecular flexibility index (Phi) is 30.5. The van der Waals surface area contributed by atoms with E-state index < -0.39 is 6.10 Å². The van der Waals surface area contributed by atoms with Crippen molar-refractivity contribution in [1.29, 1.82) is 0 Å². The molecule has 0 aliphatic heterocycles. The zero-order valence-corrected chi connectivity index (χ0v) is 26.2. The molecule has 0 spiro atoms. The molecule has 0 amide bonds. The molecule has 0 bridgehead atoms. The number of carbonyl (C=O) groups is 2. The quantitative estimate of drug-likeness (QED) is 0.0681. The van der Waals surface area contributed by atoms with Crippen LogP contribution in [-0.4, -0.2) is 36.4 Å². The molecule has 1 N–H and O–H groups in total. The zero-order chi connectivity index (χ0) is 28.7. The van der Waals surface area contributed by atoms with Gasteiger partial charge in [0.2, 0.25) is 0 Å². The Morgan fingerprint density at radius 2 is 0.795 bits per heavy atom. The van der Waals surface area contributed by atoms with Gasteiger partial charge in [0.05, 0.1) is 6.61 Å². The topological polar surface area (TPSA) is 72.8 Å². The second-order valence-corrected chi connectivity index (χ2v) is 11.6. The summed E-state index contributed by atoms with van der Waals surface area (Å²) in [7, 11) is 0. The smallest absolute Gasteiger partial charge is 0.306 e. The number of ether oxygens (including phenoxy) is 2. The molecular weight excluding hydrogens is 488 g/mol. The van der Waals surface area contributed by atoms with Crippen LogP contribution in [0.3, 0.4) is 0 Å². The predicted molar refractivity (Wildman–Crippen MR) is 164 cm³/mol. The van der Waals surface area contributed by atoms with Gasteiger partial charge in [-0.15, -0.1) is 0 Å². The van der Waals surface area contributed by atoms with Gasteiger partial charge in [-0.3, -0.25) is 9.59 Å². The minimum atomic E-state index is -0.758. The Hall–Kier alpha value is -1.10. The number of carbonyl (C=O) groups excluding carboxylic acids is 2. The number of unbranched alkanes of at least 4 members (excludes halogenated alkanes) is 23. The largest absolute Gasteiger partial charge is 0.462 e. The van der Waals surface area contributed by atoms with Gasteiger partial charge < -0.3 is 14.6 Å². The van der Waals surface area contributed by atoms with E-state index in [0.717, 1.165) is 38.5 Å². The normalized spacial score (nSPS) is 12.0. The van der Waals surface area contributed by atoms with E-state index in [2.05, 4.69) is 13.8 Å². The van der Waals surface area contributed by atoms with Gasteiger partial charge in [-0.1, -0.05) is 162 Å². The predicted octanol–water partition coefficient (Wildman–Crippen LogP) is 10.0. The van der Waals surface area contributed by atoms with Crippen LogP contribution >= 0.6 is 0 Å². The van der Waals surface area contributed by atoms with Crippen LogP contribution in [0.4, 0.5) is 0 Å². The summed E-state index contributed by atoms with van der Waals surface area (Å²) in [4.78, 5) is 24.0. The molecule has 0 aliphatic carbocycles. The molecule has 1 unspecified atom stereocenters. The highest BCUT2D eigenvalue weighted by Crippen LogP contribution is 2.15. The summed E-state index contributed by atoms with van der Waals surface area (Å²) >= 11 is 0. The van der Waals surface area contributed by atoms with Gasteiger partial charge in [0.15, 0.2) is 6.10 Å². The second kappa shape index (κ2) is 31.4. The molecule has 0 saturated carbocycles. The van der Waals surface area contributed by atoms with Gasteiger partial charge >= 0.3 is 11.9 Å². The standard InChI is InChI=1S/C34H66O5/c1-3-5-7-9-11-12-13-14-15-16-17-18-19-20-21-23-25-27-29-34(37)39-32(30-35)31-38-33(36)28-26-24-22-10-8-6-4-2/h32,35H,3-31H2,1-2H3. The summed E-state index contributed by atoms with van der Waals surface area (Å²) in [5.74, 6) is -0.588. The van der Waals surface area contributed by atoms with Crippen LogP contribution in [0.15, 0.2) is 0 Å². The van der Waals surface area contributed by atoms with Crippen molar-refractivity contribution in [2.75, 3.05) is 13.2 Å². The summed E-state index contributed by atoms with van der Waals surface area (Å²) in [5, 5.41) is 9.46. The van der Waals surface area contributed by atoms with Gasteiger partial charge in [-0.05, 0) is 12.8 Å². The Bertz CT molecular complexity index is 522. The molecule has 0 aliphatic rings. The maximum absolute atomic E-state index is 12.1. The maximum atomic E-state index is 12.1. The van der Waals surface area contributed by atoms with E-state index in [9.17, 15) is 14.7 Å². The third-order valence-corrected chi connectivity index (χ3v) is 7.65. The first-order chi connectivity index (χ1) is 19.1. The first kappa shape index (κ1) is 37.9. The lowest BCUT2D eigenvalue weighted by molar-refractivity contribution is -0.161. The van der Waals surface area contributed by atoms with Crippen molar-refractivity contribution in [3.63, 3.8) is 0 Å². The number of rotatable bonds is 31. The minimum absolute atomic E-state index is 0.0588. The Balaban J connectivity index is 3.47. The zero-order valence-electron chi connectivity index (χ0n) is 26.2. The Morgan fingerprint density at radius 1 is 0.487 bits per heavy atom. The van der Waals surface area contributed by atoms with Gasteiger partial charge in [-0.2, -0.15) is 0 Å². The fourth-order valence-electron chi connectivity index (χ4n) is 5.02. The average Bonchev–Trinajstić information content (AvgIpc) is 2.94. The third-order valence-electron chi connectivity index (χ3n) is 7.65. The fraction of sp³-hybridized carbons (Fsp3) is 0.941. The SMILES string of the molecule is CCCCCCCCCCCCCCCCCCCCC(=O)OC(CO)COC(=O)CCCCCCCCC. The molecule has 232 valence electrons. The molecular formula is C34H66O5. The van der Waals surface area contributed by atoms with Crippen molar-refractivity contribution in [2.24, 2.45) is 0 Å². The highest BCUT2D eigenvalue weighted by molar-refractivity contribution is 5.70. The first-order valence-corrected chi connectivity index (χ1v) is 17.1. The van der Waals surface area contributed by atoms with Gasteiger partial charge in [0, 0.05) is 12.8 Å². The van der Waals surface area contributed by atoms with Crippen LogP contribution in [0.5, 0.6) is 0 Å². The van der Waals surface area contributed by atoms with Crippen LogP contribution < -0.4 is 0 Å². The summed E-state index contributed by atoms with van der Waals surface area (Å²) in [6.45, 7) is 4.10. The Labute approximate surface area is 242 Å². The summed E-state index contributed by atoms with van der Waals surface area (Å²) in [5.41, 5.74) is 0. The summed E-state index contributed by atoms with van der Waals surface area (Å²) < 4.78 is 10.5. The highest BCUT2D eigenvalue weighted by atomic mass is 16.6. The molecule has 0 rings (SSSR count). The summed E-state index contributed by atoms with van der Waals surface area (Å²) in [6, 6.07) is 0. The monoisotopic (exact) mass is 554 g/mol. The van der Waals surface area contributed by atoms with Crippen LogP contribution in [0.2, 0.25) is 0 Å². The van der Waals surface area contributed by atoms with Crippen LogP contribution in [0.25, 0.3) is 0 Å². The van der Waals surface area contributed by atoms with Crippen molar-refractivity contribution in [2.45, 2.75) is 193 Å². The number of aliphatic hydroxyl groups excluding tert-OH is 1. The van der Waals surface area contributed by atoms with Crippen molar-refractivity contribution in [1.82, 2.24) is 0 Å². The molecule has 39 heavy (non-hydrogen) atoms. The lowest BCUT2D eigenvalue weighted by Crippen LogP contribution is -2.28. The molecule has 5 nitrogen and oxygen atoms in total. The molecule has 1 atom stereocenters. The van der Waals surface area contributed by atoms with E-state index >= 15 is 0 Å². The lowest BCUT2D eigenvalue weighted by atomic mass is 10.0. The van der Waals surface area contributed by atoms with E-state index in [1.807, 2.05) is 0 Å². The van der Waals surface area contributed by atoms with Crippen molar-refractivity contribution >= 4 is 11.9 Å². The van der Waals surface area contributed by atoms with Gasteiger partial charge in [0.1, 0.15) is 6.61 Å². The van der Waals surface area contributed by atoms with E-state index in [1.165, 1.54) is 122 Å². The van der Waals surface area contributed by atoms with E-state index in [0.29, 0.717) is 12.8 Å². The molecule has 0 radical (unpaired) electrons. The molecule has 0 saturated heterocycles. The first-order valence-electron chi connectivity index (χ1n) is 17.1. The lowest BCUT2D eigenvalue weighted by Gasteiger charge is -2.15. The maximum Gasteiger partial charge on any atom is 0.306 e. The number of hydrogen-bond donors (Lipinski definition) is 1. The fourth-order valence-corrected chi connectivity index (χ4v) is 5.02. The molecule has 0 fully saturated rings. The molecule has 0 aromatic heterocycles. The van der Waals surface area contributed by atoms with Crippen LogP contribution in [0, 0.1) is 0 Å². The summed E-state index contributed by atoms with van der Waals surface area (Å²) in [6.07, 6.45) is 31.7. The van der Waals surface area contributed by atoms with Crippen molar-refractivity contribution < 1.29 is 24.2 Å². The molecule has 0 aromatic carbocycles. The van der Waals surface area contributed by atoms with Gasteiger partial charge in [-0.25, -0.2) is 0 Å². The van der Waals surface area contributed by atoms with Crippen molar-refractivity contribution in [3.05, 3.63) is 0 Å². The second-order valence-electron chi connectivity index (χ2n) is 11.6. The molecule has 0 aromatic rings. The minimum Gasteiger partial charge on any atom is -0.462 e. The number of esters is 2. The van der Waals surface area contributed by atoms with Crippen LogP contribution in [0.1, 0.15) is 187 Å². The third kappa shape index (κ3) is 29.7. The number of aliphatic hydroxyl groups is 1. The van der Waals surface area contributed by atoms with Crippen molar-refractivity contribution in [3.8, 4) is 0 Å². The number of hydrogen-bond acceptors (Lipinski definition) is 5. The van der Waals surface area contributed by atoms with E-state index in [1.54, 1.807) is 0 Å². The Morgan fingerprint density at radius 3 is 1.13 bits per heavy atom. The van der Waals surface area contributed by atoms with Gasteiger partial charge in [0.25, 0.3) is 0 Å². The van der Waals surface area contributed by atoms with E-state index in [4.69, 9.17) is 9.47 Å². The molecule has 0 heterocycles. The van der Waals surface area contributed by atoms with E-state index in [-0.39, 0.29) is 25.2 Å². The average molecular weight is 555 g/mol. The molecule has 5 heteroatoms. The highest BCUT2D eigenvalue weighted by Gasteiger charge is 2.16.